The summed E-state index contributed by atoms with van der Waals surface area (Å²) in [6.45, 7) is 3.92. The summed E-state index contributed by atoms with van der Waals surface area (Å²) in [5.74, 6) is 1.01. The Morgan fingerprint density at radius 2 is 2.15 bits per heavy atom. The highest BCUT2D eigenvalue weighted by Gasteiger charge is 2.30. The van der Waals surface area contributed by atoms with Crippen LogP contribution in [0.5, 0.6) is 0 Å². The van der Waals surface area contributed by atoms with E-state index in [4.69, 9.17) is 17.2 Å². The second-order valence-corrected chi connectivity index (χ2v) is 8.69. The lowest BCUT2D eigenvalue weighted by Gasteiger charge is -2.32. The monoisotopic (exact) mass is 400 g/mol. The van der Waals surface area contributed by atoms with E-state index in [2.05, 4.69) is 11.8 Å². The molecule has 1 amide bonds. The molecule has 2 fully saturated rings. The molecule has 0 unspecified atom stereocenters. The van der Waals surface area contributed by atoms with Crippen LogP contribution in [0.4, 0.5) is 5.82 Å². The normalized spacial score (nSPS) is 22.3. The Labute approximate surface area is 166 Å². The molecule has 0 N–H and O–H groups in total. The van der Waals surface area contributed by atoms with Crippen molar-refractivity contribution in [3.8, 4) is 0 Å². The number of carbonyl (C=O) groups is 1. The number of thiocarbonyl (C=S) groups is 1. The third-order valence-corrected chi connectivity index (χ3v) is 6.45. The van der Waals surface area contributed by atoms with Crippen molar-refractivity contribution in [1.82, 2.24) is 14.3 Å². The molecule has 27 heavy (non-hydrogen) atoms. The van der Waals surface area contributed by atoms with Gasteiger partial charge in [0.05, 0.1) is 10.5 Å². The molecule has 2 aromatic rings. The maximum atomic E-state index is 13.2. The van der Waals surface area contributed by atoms with E-state index in [-0.39, 0.29) is 11.5 Å². The Morgan fingerprint density at radius 3 is 2.85 bits per heavy atom. The minimum absolute atomic E-state index is 0.171. The number of carbonyl (C=O) groups excluding carboxylic acids is 1. The summed E-state index contributed by atoms with van der Waals surface area (Å²) >= 11 is 6.43. The first-order chi connectivity index (χ1) is 13.0. The molecule has 2 aliphatic rings. The number of hydrogen-bond donors (Lipinski definition) is 0. The van der Waals surface area contributed by atoms with E-state index < -0.39 is 0 Å². The lowest BCUT2D eigenvalue weighted by Crippen LogP contribution is -2.37. The second kappa shape index (κ2) is 7.09. The molecule has 2 aromatic heterocycles. The predicted octanol–water partition coefficient (Wildman–Crippen LogP) is 2.76. The van der Waals surface area contributed by atoms with E-state index in [0.29, 0.717) is 32.2 Å². The van der Waals surface area contributed by atoms with Crippen LogP contribution < -0.4 is 10.5 Å². The van der Waals surface area contributed by atoms with Gasteiger partial charge in [0.15, 0.2) is 0 Å². The molecular weight excluding hydrogens is 380 g/mol. The minimum Gasteiger partial charge on any atom is -0.356 e. The van der Waals surface area contributed by atoms with Crippen molar-refractivity contribution in [1.29, 1.82) is 0 Å². The molecule has 0 aromatic carbocycles. The van der Waals surface area contributed by atoms with Crippen molar-refractivity contribution < 1.29 is 4.79 Å². The molecule has 1 atom stereocenters. The Hall–Kier alpha value is -2.19. The highest BCUT2D eigenvalue weighted by atomic mass is 32.2. The fraction of sp³-hybridized carbons (Fsp3) is 0.368. The first-order valence-corrected chi connectivity index (χ1v) is 10.2. The topological polar surface area (TPSA) is 57.9 Å². The van der Waals surface area contributed by atoms with Crippen molar-refractivity contribution in [2.75, 3.05) is 25.0 Å². The number of amides is 1. The number of piperidine rings is 1. The molecule has 4 rings (SSSR count). The van der Waals surface area contributed by atoms with Crippen molar-refractivity contribution in [3.05, 3.63) is 45.2 Å². The van der Waals surface area contributed by atoms with Crippen LogP contribution in [-0.4, -0.2) is 44.6 Å². The molecular formula is C19H20N4O2S2. The van der Waals surface area contributed by atoms with E-state index in [1.54, 1.807) is 25.4 Å². The average Bonchev–Trinajstić information content (AvgIpc) is 2.90. The number of thioether (sulfide) groups is 1. The smallest absolute Gasteiger partial charge is 0.267 e. The minimum atomic E-state index is -0.180. The lowest BCUT2D eigenvalue weighted by atomic mass is 10.00. The highest BCUT2D eigenvalue weighted by Crippen LogP contribution is 2.33. The van der Waals surface area contributed by atoms with Crippen LogP contribution >= 0.6 is 24.0 Å². The van der Waals surface area contributed by atoms with Gasteiger partial charge in [-0.25, -0.2) is 4.98 Å². The molecule has 4 heterocycles. The molecule has 0 bridgehead atoms. The van der Waals surface area contributed by atoms with Gasteiger partial charge in [-0.3, -0.25) is 18.9 Å². The quantitative estimate of drug-likeness (QED) is 0.571. The second-order valence-electron chi connectivity index (χ2n) is 7.02. The van der Waals surface area contributed by atoms with Gasteiger partial charge in [-0.1, -0.05) is 37.0 Å². The van der Waals surface area contributed by atoms with Crippen molar-refractivity contribution in [3.63, 3.8) is 0 Å². The zero-order valence-electron chi connectivity index (χ0n) is 15.2. The maximum Gasteiger partial charge on any atom is 0.267 e. The first-order valence-electron chi connectivity index (χ1n) is 8.93. The summed E-state index contributed by atoms with van der Waals surface area (Å²) in [5.41, 5.74) is 0.882. The fourth-order valence-corrected chi connectivity index (χ4v) is 4.68. The van der Waals surface area contributed by atoms with Crippen LogP contribution in [-0.2, 0) is 4.79 Å². The van der Waals surface area contributed by atoms with E-state index in [0.717, 1.165) is 19.5 Å². The van der Waals surface area contributed by atoms with Crippen LogP contribution in [0, 0.1) is 5.92 Å². The number of rotatable bonds is 2. The lowest BCUT2D eigenvalue weighted by molar-refractivity contribution is -0.121. The molecule has 0 saturated carbocycles. The summed E-state index contributed by atoms with van der Waals surface area (Å²) < 4.78 is 2.02. The zero-order valence-corrected chi connectivity index (χ0v) is 16.8. The number of anilines is 1. The molecule has 8 heteroatoms. The number of nitrogens with zero attached hydrogens (tertiary/aromatic N) is 4. The SMILES string of the molecule is C[C@@H]1CCCN(c2nc3ccccn3c(=O)c2/C=C2\SC(=S)N(C)C2=O)C1. The summed E-state index contributed by atoms with van der Waals surface area (Å²) in [6.07, 6.45) is 5.60. The van der Waals surface area contributed by atoms with Gasteiger partial charge in [0.1, 0.15) is 15.8 Å². The van der Waals surface area contributed by atoms with Gasteiger partial charge in [-0.15, -0.1) is 0 Å². The Balaban J connectivity index is 1.91. The number of likely N-dealkylation sites (N-methyl/N-ethyl adjacent to an activating group) is 1. The van der Waals surface area contributed by atoms with Crippen LogP contribution in [0.15, 0.2) is 34.1 Å². The van der Waals surface area contributed by atoms with Crippen LogP contribution in [0.1, 0.15) is 25.3 Å². The largest absolute Gasteiger partial charge is 0.356 e. The van der Waals surface area contributed by atoms with Crippen molar-refractivity contribution in [2.45, 2.75) is 19.8 Å². The Morgan fingerprint density at radius 1 is 1.33 bits per heavy atom. The Kier molecular flexibility index (Phi) is 4.77. The number of aromatic nitrogens is 2. The van der Waals surface area contributed by atoms with E-state index in [1.807, 2.05) is 12.1 Å². The Bertz CT molecular complexity index is 1030. The third kappa shape index (κ3) is 3.27. The van der Waals surface area contributed by atoms with Gasteiger partial charge in [0.25, 0.3) is 11.5 Å². The molecule has 0 aliphatic carbocycles. The van der Waals surface area contributed by atoms with Gasteiger partial charge in [-0.05, 0) is 37.0 Å². The molecule has 2 saturated heterocycles. The van der Waals surface area contributed by atoms with Crippen molar-refractivity contribution in [2.24, 2.45) is 5.92 Å². The number of pyridine rings is 1. The van der Waals surface area contributed by atoms with E-state index in [9.17, 15) is 9.59 Å². The van der Waals surface area contributed by atoms with E-state index >= 15 is 0 Å². The third-order valence-electron chi connectivity index (χ3n) is 4.97. The van der Waals surface area contributed by atoms with Gasteiger partial charge in [0.2, 0.25) is 0 Å². The first kappa shape index (κ1) is 18.2. The molecule has 6 nitrogen and oxygen atoms in total. The van der Waals surface area contributed by atoms with Gasteiger partial charge in [-0.2, -0.15) is 0 Å². The number of hydrogen-bond acceptors (Lipinski definition) is 6. The molecule has 0 radical (unpaired) electrons. The van der Waals surface area contributed by atoms with Crippen LogP contribution in [0.25, 0.3) is 11.7 Å². The highest BCUT2D eigenvalue weighted by molar-refractivity contribution is 8.26. The summed E-state index contributed by atoms with van der Waals surface area (Å²) in [5, 5.41) is 0. The van der Waals surface area contributed by atoms with Crippen LogP contribution in [0.2, 0.25) is 0 Å². The predicted molar refractivity (Wildman–Crippen MR) is 113 cm³/mol. The van der Waals surface area contributed by atoms with Crippen molar-refractivity contribution >= 4 is 51.7 Å². The van der Waals surface area contributed by atoms with Gasteiger partial charge < -0.3 is 4.90 Å². The zero-order chi connectivity index (χ0) is 19.1. The molecule has 2 aliphatic heterocycles. The molecule has 0 spiro atoms. The maximum absolute atomic E-state index is 13.2. The summed E-state index contributed by atoms with van der Waals surface area (Å²) in [6, 6.07) is 5.49. The summed E-state index contributed by atoms with van der Waals surface area (Å²) in [7, 11) is 1.65. The average molecular weight is 401 g/mol. The van der Waals surface area contributed by atoms with Crippen LogP contribution in [0.3, 0.4) is 0 Å². The van der Waals surface area contributed by atoms with Gasteiger partial charge in [0, 0.05) is 26.3 Å². The number of fused-ring (bicyclic) bond motifs is 1. The standard InChI is InChI=1S/C19H20N4O2S2/c1-12-6-5-8-22(11-12)16-13(10-14-18(25)21(2)19(26)27-14)17(24)23-9-4-3-7-15(23)20-16/h3-4,7,9-10,12H,5-6,8,11H2,1-2H3/b14-10-/t12-/m1/s1. The fourth-order valence-electron chi connectivity index (χ4n) is 3.52. The summed E-state index contributed by atoms with van der Waals surface area (Å²) in [4.78, 5) is 34.5. The molecule has 140 valence electrons. The van der Waals surface area contributed by atoms with Gasteiger partial charge >= 0.3 is 0 Å². The van der Waals surface area contributed by atoms with E-state index in [1.165, 1.54) is 27.5 Å².